The van der Waals surface area contributed by atoms with Gasteiger partial charge in [-0.25, -0.2) is 4.79 Å². The van der Waals surface area contributed by atoms with Crippen molar-refractivity contribution in [1.29, 1.82) is 0 Å². The highest BCUT2D eigenvalue weighted by molar-refractivity contribution is 5.87. The van der Waals surface area contributed by atoms with Crippen molar-refractivity contribution in [2.24, 2.45) is 7.05 Å². The molecule has 0 unspecified atom stereocenters. The molecule has 1 aliphatic heterocycles. The Bertz CT molecular complexity index is 691. The average molecular weight is 274 g/mol. The third-order valence-corrected chi connectivity index (χ3v) is 3.33. The number of carboxylic acids is 1. The maximum Gasteiger partial charge on any atom is 0.356 e. The molecule has 20 heavy (non-hydrogen) atoms. The number of ether oxygens (including phenoxy) is 2. The van der Waals surface area contributed by atoms with E-state index in [0.717, 1.165) is 22.6 Å². The van der Waals surface area contributed by atoms with Gasteiger partial charge in [0.2, 0.25) is 0 Å². The minimum absolute atomic E-state index is 0.0248. The molecule has 0 radical (unpaired) electrons. The van der Waals surface area contributed by atoms with Crippen LogP contribution < -0.4 is 9.47 Å². The lowest BCUT2D eigenvalue weighted by atomic mass is 10.0. The monoisotopic (exact) mass is 274 g/mol. The molecule has 0 spiro atoms. The van der Waals surface area contributed by atoms with Crippen molar-refractivity contribution in [1.82, 2.24) is 9.78 Å². The Hall–Kier alpha value is -2.50. The van der Waals surface area contributed by atoms with Crippen LogP contribution in [-0.2, 0) is 7.05 Å². The second kappa shape index (κ2) is 4.56. The van der Waals surface area contributed by atoms with E-state index < -0.39 is 5.97 Å². The zero-order valence-electron chi connectivity index (χ0n) is 11.2. The number of aromatic carboxylic acids is 1. The summed E-state index contributed by atoms with van der Waals surface area (Å²) in [5.41, 5.74) is 2.56. The van der Waals surface area contributed by atoms with E-state index in [1.165, 1.54) is 0 Å². The highest BCUT2D eigenvalue weighted by atomic mass is 16.6. The first-order valence-electron chi connectivity index (χ1n) is 6.25. The molecule has 0 amide bonds. The van der Waals surface area contributed by atoms with Crippen LogP contribution in [0.25, 0.3) is 11.3 Å². The molecule has 1 aliphatic rings. The summed E-state index contributed by atoms with van der Waals surface area (Å²) in [6.07, 6.45) is 0. The van der Waals surface area contributed by atoms with Gasteiger partial charge in [0.15, 0.2) is 17.2 Å². The zero-order chi connectivity index (χ0) is 14.3. The van der Waals surface area contributed by atoms with Gasteiger partial charge in [-0.3, -0.25) is 4.68 Å². The minimum atomic E-state index is -1.04. The number of hydrogen-bond donors (Lipinski definition) is 1. The Labute approximate surface area is 115 Å². The molecular formula is C14H14N2O4. The number of fused-ring (bicyclic) bond motifs is 1. The Morgan fingerprint density at radius 1 is 1.35 bits per heavy atom. The smallest absolute Gasteiger partial charge is 0.356 e. The molecule has 0 atom stereocenters. The van der Waals surface area contributed by atoms with Crippen LogP contribution in [-0.4, -0.2) is 34.1 Å². The van der Waals surface area contributed by atoms with Gasteiger partial charge in [0.25, 0.3) is 0 Å². The maximum atomic E-state index is 11.0. The Kier molecular flexibility index (Phi) is 2.85. The van der Waals surface area contributed by atoms with Crippen molar-refractivity contribution in [2.75, 3.05) is 13.2 Å². The SMILES string of the molecule is Cc1c(-c2cc(C(=O)O)nn2C)ccc2c1OCCO2. The van der Waals surface area contributed by atoms with Crippen LogP contribution in [0, 0.1) is 6.92 Å². The van der Waals surface area contributed by atoms with E-state index in [-0.39, 0.29) is 5.69 Å². The van der Waals surface area contributed by atoms with Crippen LogP contribution in [0.2, 0.25) is 0 Å². The topological polar surface area (TPSA) is 73.6 Å². The van der Waals surface area contributed by atoms with Crippen molar-refractivity contribution >= 4 is 5.97 Å². The van der Waals surface area contributed by atoms with Gasteiger partial charge in [0, 0.05) is 18.2 Å². The summed E-state index contributed by atoms with van der Waals surface area (Å²) in [6, 6.07) is 5.29. The van der Waals surface area contributed by atoms with E-state index in [4.69, 9.17) is 14.6 Å². The van der Waals surface area contributed by atoms with Crippen LogP contribution in [0.3, 0.4) is 0 Å². The molecule has 0 bridgehead atoms. The van der Waals surface area contributed by atoms with Gasteiger partial charge in [0.1, 0.15) is 13.2 Å². The van der Waals surface area contributed by atoms with Crippen molar-refractivity contribution in [3.8, 4) is 22.8 Å². The summed E-state index contributed by atoms with van der Waals surface area (Å²) in [5, 5.41) is 13.0. The van der Waals surface area contributed by atoms with Crippen molar-refractivity contribution in [3.05, 3.63) is 29.5 Å². The molecule has 1 aromatic carbocycles. The Balaban J connectivity index is 2.13. The van der Waals surface area contributed by atoms with E-state index in [1.54, 1.807) is 17.8 Å². The van der Waals surface area contributed by atoms with Crippen LogP contribution in [0.15, 0.2) is 18.2 Å². The molecular weight excluding hydrogens is 260 g/mol. The van der Waals surface area contributed by atoms with E-state index in [1.807, 2.05) is 19.1 Å². The van der Waals surface area contributed by atoms with Crippen LogP contribution in [0.5, 0.6) is 11.5 Å². The number of aromatic nitrogens is 2. The van der Waals surface area contributed by atoms with Gasteiger partial charge < -0.3 is 14.6 Å². The van der Waals surface area contributed by atoms with Crippen molar-refractivity contribution < 1.29 is 19.4 Å². The zero-order valence-corrected chi connectivity index (χ0v) is 11.2. The summed E-state index contributed by atoms with van der Waals surface area (Å²) < 4.78 is 12.7. The molecule has 0 saturated carbocycles. The summed E-state index contributed by atoms with van der Waals surface area (Å²) in [7, 11) is 1.72. The number of aryl methyl sites for hydroxylation is 1. The molecule has 6 nitrogen and oxygen atoms in total. The Morgan fingerprint density at radius 3 is 2.80 bits per heavy atom. The Morgan fingerprint density at radius 2 is 2.10 bits per heavy atom. The first kappa shape index (κ1) is 12.5. The number of hydrogen-bond acceptors (Lipinski definition) is 4. The van der Waals surface area contributed by atoms with Gasteiger partial charge in [-0.15, -0.1) is 0 Å². The minimum Gasteiger partial charge on any atom is -0.486 e. The lowest BCUT2D eigenvalue weighted by molar-refractivity contribution is 0.0689. The van der Waals surface area contributed by atoms with Gasteiger partial charge >= 0.3 is 5.97 Å². The fraction of sp³-hybridized carbons (Fsp3) is 0.286. The normalized spacial score (nSPS) is 13.3. The molecule has 3 rings (SSSR count). The molecule has 0 saturated heterocycles. The number of carbonyl (C=O) groups is 1. The van der Waals surface area contributed by atoms with E-state index in [2.05, 4.69) is 5.10 Å². The second-order valence-corrected chi connectivity index (χ2v) is 4.61. The summed E-state index contributed by atoms with van der Waals surface area (Å²) in [6.45, 7) is 2.99. The third-order valence-electron chi connectivity index (χ3n) is 3.33. The van der Waals surface area contributed by atoms with E-state index in [9.17, 15) is 4.79 Å². The number of rotatable bonds is 2. The quantitative estimate of drug-likeness (QED) is 0.904. The summed E-state index contributed by atoms with van der Waals surface area (Å²) >= 11 is 0. The highest BCUT2D eigenvalue weighted by Gasteiger charge is 2.20. The fourth-order valence-electron chi connectivity index (χ4n) is 2.36. The largest absolute Gasteiger partial charge is 0.486 e. The standard InChI is InChI=1S/C14H14N2O4/c1-8-9(3-4-12-13(8)20-6-5-19-12)11-7-10(14(17)18)15-16(11)2/h3-4,7H,5-6H2,1-2H3,(H,17,18). The van der Waals surface area contributed by atoms with Crippen LogP contribution >= 0.6 is 0 Å². The first-order chi connectivity index (χ1) is 9.58. The van der Waals surface area contributed by atoms with E-state index >= 15 is 0 Å². The molecule has 0 fully saturated rings. The van der Waals surface area contributed by atoms with Crippen LogP contribution in [0.4, 0.5) is 0 Å². The predicted octanol–water partition coefficient (Wildman–Crippen LogP) is 1.86. The van der Waals surface area contributed by atoms with Gasteiger partial charge in [-0.05, 0) is 25.1 Å². The maximum absolute atomic E-state index is 11.0. The molecule has 0 aliphatic carbocycles. The molecule has 2 heterocycles. The average Bonchev–Trinajstić information content (AvgIpc) is 2.82. The fourth-order valence-corrected chi connectivity index (χ4v) is 2.36. The highest BCUT2D eigenvalue weighted by Crippen LogP contribution is 2.39. The predicted molar refractivity (Wildman–Crippen MR) is 71.3 cm³/mol. The second-order valence-electron chi connectivity index (χ2n) is 4.61. The molecule has 2 aromatic rings. The molecule has 6 heteroatoms. The van der Waals surface area contributed by atoms with Gasteiger partial charge in [-0.1, -0.05) is 0 Å². The molecule has 1 N–H and O–H groups in total. The van der Waals surface area contributed by atoms with Crippen LogP contribution in [0.1, 0.15) is 16.1 Å². The number of carboxylic acid groups (broad SMARTS) is 1. The third kappa shape index (κ3) is 1.89. The summed E-state index contributed by atoms with van der Waals surface area (Å²) in [5.74, 6) is 0.395. The lowest BCUT2D eigenvalue weighted by Crippen LogP contribution is -2.16. The molecule has 104 valence electrons. The number of benzene rings is 1. The summed E-state index contributed by atoms with van der Waals surface area (Å²) in [4.78, 5) is 11.0. The van der Waals surface area contributed by atoms with Gasteiger partial charge in [0.05, 0.1) is 5.69 Å². The van der Waals surface area contributed by atoms with Gasteiger partial charge in [-0.2, -0.15) is 5.10 Å². The molecule has 1 aromatic heterocycles. The van der Waals surface area contributed by atoms with Crippen molar-refractivity contribution in [3.63, 3.8) is 0 Å². The first-order valence-corrected chi connectivity index (χ1v) is 6.25. The van der Waals surface area contributed by atoms with Crippen molar-refractivity contribution in [2.45, 2.75) is 6.92 Å². The number of nitrogens with zero attached hydrogens (tertiary/aromatic N) is 2. The van der Waals surface area contributed by atoms with E-state index in [0.29, 0.717) is 19.0 Å². The lowest BCUT2D eigenvalue weighted by Gasteiger charge is -2.21.